The molecule has 2 fully saturated rings. The third kappa shape index (κ3) is 4.58. The van der Waals surface area contributed by atoms with Gasteiger partial charge in [-0.3, -0.25) is 13.9 Å². The normalized spacial score (nSPS) is 17.3. The molecule has 10 nitrogen and oxygen atoms in total. The molecule has 2 aliphatic rings. The van der Waals surface area contributed by atoms with Crippen LogP contribution in [0.15, 0.2) is 58.4 Å². The van der Waals surface area contributed by atoms with Gasteiger partial charge < -0.3 is 24.1 Å². The van der Waals surface area contributed by atoms with Crippen molar-refractivity contribution in [1.82, 2.24) is 9.88 Å². The Bertz CT molecular complexity index is 1490. The molecule has 1 amide bonds. The predicted molar refractivity (Wildman–Crippen MR) is 138 cm³/mol. The van der Waals surface area contributed by atoms with E-state index in [4.69, 9.17) is 14.2 Å². The quantitative estimate of drug-likeness (QED) is 0.524. The highest BCUT2D eigenvalue weighted by Crippen LogP contribution is 2.33. The lowest BCUT2D eigenvalue weighted by Gasteiger charge is -2.37. The summed E-state index contributed by atoms with van der Waals surface area (Å²) >= 11 is 0. The molecule has 2 aromatic carbocycles. The van der Waals surface area contributed by atoms with Gasteiger partial charge in [0.2, 0.25) is 5.43 Å². The molecule has 2 aliphatic heterocycles. The molecule has 1 spiro atoms. The van der Waals surface area contributed by atoms with E-state index >= 15 is 0 Å². The van der Waals surface area contributed by atoms with Crippen LogP contribution in [0.4, 0.5) is 5.69 Å². The lowest BCUT2D eigenvalue weighted by Crippen LogP contribution is -2.48. The molecule has 1 aromatic heterocycles. The number of H-pyrrole nitrogens is 1. The van der Waals surface area contributed by atoms with Crippen LogP contribution >= 0.6 is 0 Å². The number of para-hydroxylation sites is 2. The number of sulfonamides is 1. The molecule has 0 saturated carbocycles. The zero-order valence-corrected chi connectivity index (χ0v) is 21.5. The number of likely N-dealkylation sites (tertiary alicyclic amines) is 1. The second kappa shape index (κ2) is 9.81. The summed E-state index contributed by atoms with van der Waals surface area (Å²) in [5.74, 6) is -0.617. The number of aromatic nitrogens is 1. The van der Waals surface area contributed by atoms with Crippen LogP contribution in [0.5, 0.6) is 5.75 Å². The number of carbonyl (C=O) groups excluding carboxylic acids is 1. The molecule has 196 valence electrons. The van der Waals surface area contributed by atoms with Crippen molar-refractivity contribution in [2.24, 2.45) is 0 Å². The molecular formula is C26H29N3O7S. The van der Waals surface area contributed by atoms with E-state index in [0.717, 1.165) is 4.31 Å². The number of amides is 1. The summed E-state index contributed by atoms with van der Waals surface area (Å²) in [6, 6.07) is 11.1. The maximum absolute atomic E-state index is 13.5. The van der Waals surface area contributed by atoms with Gasteiger partial charge in [-0.1, -0.05) is 12.1 Å². The Kier molecular flexibility index (Phi) is 6.69. The Morgan fingerprint density at radius 3 is 2.54 bits per heavy atom. The van der Waals surface area contributed by atoms with Gasteiger partial charge in [0.05, 0.1) is 30.4 Å². The van der Waals surface area contributed by atoms with Crippen LogP contribution in [0.1, 0.15) is 30.1 Å². The van der Waals surface area contributed by atoms with Crippen molar-refractivity contribution in [2.45, 2.75) is 30.4 Å². The Morgan fingerprint density at radius 2 is 1.84 bits per heavy atom. The van der Waals surface area contributed by atoms with E-state index < -0.39 is 27.1 Å². The number of carbonyl (C=O) groups is 1. The van der Waals surface area contributed by atoms with Crippen LogP contribution in [0.25, 0.3) is 10.9 Å². The lowest BCUT2D eigenvalue weighted by molar-refractivity contribution is -0.181. The number of anilines is 1. The van der Waals surface area contributed by atoms with Crippen LogP contribution in [0.3, 0.4) is 0 Å². The van der Waals surface area contributed by atoms with E-state index in [9.17, 15) is 18.0 Å². The van der Waals surface area contributed by atoms with Crippen molar-refractivity contribution in [1.29, 1.82) is 0 Å². The minimum Gasteiger partial charge on any atom is -0.492 e. The van der Waals surface area contributed by atoms with Crippen molar-refractivity contribution >= 4 is 32.5 Å². The van der Waals surface area contributed by atoms with E-state index in [2.05, 4.69) is 4.98 Å². The van der Waals surface area contributed by atoms with Crippen LogP contribution in [-0.4, -0.2) is 70.0 Å². The fraction of sp³-hybridized carbons (Fsp3) is 0.385. The van der Waals surface area contributed by atoms with Gasteiger partial charge in [-0.15, -0.1) is 0 Å². The summed E-state index contributed by atoms with van der Waals surface area (Å²) in [7, 11) is -2.60. The van der Waals surface area contributed by atoms with Gasteiger partial charge in [-0.2, -0.15) is 0 Å². The molecule has 0 atom stereocenters. The number of pyridine rings is 1. The first-order valence-electron chi connectivity index (χ1n) is 12.2. The standard InChI is InChI=1S/C26H29N3O7S/c1-3-34-23-7-5-4-6-22(23)28(2)37(32,33)18-8-9-21-19(16-18)24(30)20(17-27-21)25(31)29-12-10-26(11-13-29)35-14-15-36-26/h4-9,16-17H,3,10-15H2,1-2H3,(H,27,30). The van der Waals surface area contributed by atoms with Crippen LogP contribution < -0.4 is 14.5 Å². The fourth-order valence-electron chi connectivity index (χ4n) is 4.81. The topological polar surface area (TPSA) is 118 Å². The van der Waals surface area contributed by atoms with Gasteiger partial charge in [-0.05, 0) is 37.3 Å². The maximum atomic E-state index is 13.5. The van der Waals surface area contributed by atoms with Crippen molar-refractivity contribution in [3.63, 3.8) is 0 Å². The average molecular weight is 528 g/mol. The second-order valence-corrected chi connectivity index (χ2v) is 11.0. The molecule has 1 N–H and O–H groups in total. The number of nitrogens with one attached hydrogen (secondary N) is 1. The predicted octanol–water partition coefficient (Wildman–Crippen LogP) is 2.73. The number of nitrogens with zero attached hydrogens (tertiary/aromatic N) is 2. The van der Waals surface area contributed by atoms with Crippen molar-refractivity contribution < 1.29 is 27.4 Å². The number of ether oxygens (including phenoxy) is 3. The summed E-state index contributed by atoms with van der Waals surface area (Å²) in [6.07, 6.45) is 2.45. The minimum atomic E-state index is -4.03. The Balaban J connectivity index is 1.45. The number of aromatic amines is 1. The first kappa shape index (κ1) is 25.2. The molecule has 11 heteroatoms. The van der Waals surface area contributed by atoms with Gasteiger partial charge in [0.1, 0.15) is 11.3 Å². The van der Waals surface area contributed by atoms with Gasteiger partial charge >= 0.3 is 0 Å². The molecule has 2 saturated heterocycles. The highest BCUT2D eigenvalue weighted by Gasteiger charge is 2.41. The zero-order valence-electron chi connectivity index (χ0n) is 20.7. The van der Waals surface area contributed by atoms with Gasteiger partial charge in [-0.25, -0.2) is 8.42 Å². The molecule has 0 bridgehead atoms. The highest BCUT2D eigenvalue weighted by molar-refractivity contribution is 7.92. The minimum absolute atomic E-state index is 0.0405. The van der Waals surface area contributed by atoms with Gasteiger partial charge in [0, 0.05) is 50.1 Å². The molecule has 0 aliphatic carbocycles. The van der Waals surface area contributed by atoms with Crippen LogP contribution in [-0.2, 0) is 19.5 Å². The van der Waals surface area contributed by atoms with Crippen molar-refractivity contribution in [2.75, 3.05) is 44.3 Å². The SMILES string of the molecule is CCOc1ccccc1N(C)S(=O)(=O)c1ccc2[nH]cc(C(=O)N3CCC4(CC3)OCCO4)c(=O)c2c1. The Labute approximate surface area is 214 Å². The summed E-state index contributed by atoms with van der Waals surface area (Å²) in [6.45, 7) is 4.07. The number of hydrogen-bond acceptors (Lipinski definition) is 7. The van der Waals surface area contributed by atoms with E-state index in [-0.39, 0.29) is 15.8 Å². The van der Waals surface area contributed by atoms with E-state index in [1.807, 2.05) is 6.92 Å². The molecule has 0 radical (unpaired) electrons. The van der Waals surface area contributed by atoms with Crippen molar-refractivity contribution in [3.05, 3.63) is 64.4 Å². The van der Waals surface area contributed by atoms with Crippen LogP contribution in [0, 0.1) is 0 Å². The third-order valence-corrected chi connectivity index (χ3v) is 8.64. The van der Waals surface area contributed by atoms with E-state index in [1.165, 1.54) is 31.4 Å². The Morgan fingerprint density at radius 1 is 1.14 bits per heavy atom. The van der Waals surface area contributed by atoms with Crippen molar-refractivity contribution in [3.8, 4) is 5.75 Å². The largest absolute Gasteiger partial charge is 0.492 e. The highest BCUT2D eigenvalue weighted by atomic mass is 32.2. The molecular weight excluding hydrogens is 498 g/mol. The number of benzene rings is 2. The first-order chi connectivity index (χ1) is 17.8. The number of hydrogen-bond donors (Lipinski definition) is 1. The monoisotopic (exact) mass is 527 g/mol. The zero-order chi connectivity index (χ0) is 26.2. The average Bonchev–Trinajstić information content (AvgIpc) is 3.36. The molecule has 0 unspecified atom stereocenters. The summed E-state index contributed by atoms with van der Waals surface area (Å²) < 4.78 is 45.1. The maximum Gasteiger partial charge on any atom is 0.264 e. The Hall–Kier alpha value is -3.41. The second-order valence-electron chi connectivity index (χ2n) is 9.01. The molecule has 37 heavy (non-hydrogen) atoms. The molecule has 3 aromatic rings. The number of fused-ring (bicyclic) bond motifs is 1. The van der Waals surface area contributed by atoms with E-state index in [0.29, 0.717) is 62.7 Å². The fourth-order valence-corrected chi connectivity index (χ4v) is 6.04. The third-order valence-electron chi connectivity index (χ3n) is 6.87. The summed E-state index contributed by atoms with van der Waals surface area (Å²) in [4.78, 5) is 31.1. The summed E-state index contributed by atoms with van der Waals surface area (Å²) in [5.41, 5.74) is 0.242. The lowest BCUT2D eigenvalue weighted by atomic mass is 10.0. The van der Waals surface area contributed by atoms with Gasteiger partial charge in [0.15, 0.2) is 5.79 Å². The van der Waals surface area contributed by atoms with Crippen LogP contribution in [0.2, 0.25) is 0 Å². The summed E-state index contributed by atoms with van der Waals surface area (Å²) in [5, 5.41) is 0.120. The molecule has 5 rings (SSSR count). The van der Waals surface area contributed by atoms with Gasteiger partial charge in [0.25, 0.3) is 15.9 Å². The first-order valence-corrected chi connectivity index (χ1v) is 13.6. The number of piperidine rings is 1. The van der Waals surface area contributed by atoms with E-state index in [1.54, 1.807) is 29.2 Å². The smallest absolute Gasteiger partial charge is 0.264 e. The molecule has 3 heterocycles. The number of rotatable bonds is 6.